The summed E-state index contributed by atoms with van der Waals surface area (Å²) in [6, 6.07) is -1.05. The molecule has 4 atom stereocenters. The van der Waals surface area contributed by atoms with Gasteiger partial charge >= 0.3 is 0 Å². The zero-order chi connectivity index (χ0) is 8.43. The van der Waals surface area contributed by atoms with Gasteiger partial charge in [-0.05, 0) is 0 Å². The fraction of sp³-hybridized carbons (Fsp3) is 1.00. The van der Waals surface area contributed by atoms with Crippen LogP contribution in [0, 0.1) is 0 Å². The third kappa shape index (κ3) is 1.52. The van der Waals surface area contributed by atoms with Crippen LogP contribution in [-0.4, -0.2) is 57.9 Å². The Morgan fingerprint density at radius 2 is 1.27 bits per heavy atom. The van der Waals surface area contributed by atoms with Crippen molar-refractivity contribution in [3.63, 3.8) is 0 Å². The molecule has 5 heteroatoms. The van der Waals surface area contributed by atoms with Crippen LogP contribution in [0.3, 0.4) is 0 Å². The molecule has 1 fully saturated rings. The zero-order valence-electron chi connectivity index (χ0n) is 6.01. The maximum absolute atomic E-state index is 9.18. The molecule has 2 unspecified atom stereocenters. The van der Waals surface area contributed by atoms with Gasteiger partial charge in [0.25, 0.3) is 0 Å². The highest BCUT2D eigenvalue weighted by atomic mass is 16.3. The van der Waals surface area contributed by atoms with Crippen LogP contribution < -0.4 is 5.32 Å². The summed E-state index contributed by atoms with van der Waals surface area (Å²) in [5.74, 6) is 0. The Morgan fingerprint density at radius 1 is 0.909 bits per heavy atom. The van der Waals surface area contributed by atoms with Crippen LogP contribution in [0.1, 0.15) is 0 Å². The van der Waals surface area contributed by atoms with Crippen molar-refractivity contribution in [1.82, 2.24) is 5.32 Å². The molecule has 0 spiro atoms. The predicted octanol–water partition coefficient (Wildman–Crippen LogP) is -2.97. The van der Waals surface area contributed by atoms with E-state index in [1.54, 1.807) is 0 Å². The molecule has 1 rings (SSSR count). The highest BCUT2D eigenvalue weighted by molar-refractivity contribution is 4.97. The van der Waals surface area contributed by atoms with Crippen LogP contribution in [-0.2, 0) is 0 Å². The van der Waals surface area contributed by atoms with Crippen LogP contribution in [0.4, 0.5) is 0 Å². The van der Waals surface area contributed by atoms with Crippen molar-refractivity contribution in [2.24, 2.45) is 0 Å². The third-order valence-corrected chi connectivity index (χ3v) is 2.00. The summed E-state index contributed by atoms with van der Waals surface area (Å²) in [6.45, 7) is -0.483. The summed E-state index contributed by atoms with van der Waals surface area (Å²) in [4.78, 5) is 0. The number of rotatable bonds is 2. The molecule has 0 aliphatic carbocycles. The van der Waals surface area contributed by atoms with E-state index in [0.717, 1.165) is 0 Å². The number of nitrogens with one attached hydrogen (secondary N) is 1. The fourth-order valence-electron chi connectivity index (χ4n) is 1.27. The highest BCUT2D eigenvalue weighted by Crippen LogP contribution is 2.13. The van der Waals surface area contributed by atoms with Gasteiger partial charge in [0.1, 0.15) is 0 Å². The van der Waals surface area contributed by atoms with Crippen LogP contribution in [0.25, 0.3) is 0 Å². The molecule has 1 saturated heterocycles. The fourth-order valence-corrected chi connectivity index (χ4v) is 1.27. The molecule has 0 aromatic rings. The molecule has 1 heterocycles. The van der Waals surface area contributed by atoms with Gasteiger partial charge in [-0.2, -0.15) is 0 Å². The largest absolute Gasteiger partial charge is 0.395 e. The Balaban J connectivity index is 2.53. The molecule has 0 bridgehead atoms. The second kappa shape index (κ2) is 3.46. The van der Waals surface area contributed by atoms with E-state index in [-0.39, 0.29) is 13.2 Å². The van der Waals surface area contributed by atoms with Crippen LogP contribution in [0.2, 0.25) is 0 Å². The van der Waals surface area contributed by atoms with Crippen LogP contribution in [0.5, 0.6) is 0 Å². The Bertz CT molecular complexity index is 114. The quantitative estimate of drug-likeness (QED) is 0.300. The molecule has 1 aliphatic rings. The average molecular weight is 163 g/mol. The normalized spacial score (nSPS) is 44.7. The minimum atomic E-state index is -0.989. The predicted molar refractivity (Wildman–Crippen MR) is 36.9 cm³/mol. The Morgan fingerprint density at radius 3 is 1.45 bits per heavy atom. The summed E-state index contributed by atoms with van der Waals surface area (Å²) in [6.07, 6.45) is -1.98. The molecule has 66 valence electrons. The number of aliphatic hydroxyl groups is 4. The van der Waals surface area contributed by atoms with E-state index in [1.165, 1.54) is 0 Å². The first kappa shape index (κ1) is 8.89. The summed E-state index contributed by atoms with van der Waals surface area (Å²) >= 11 is 0. The van der Waals surface area contributed by atoms with Gasteiger partial charge in [0.2, 0.25) is 0 Å². The molecular weight excluding hydrogens is 150 g/mol. The van der Waals surface area contributed by atoms with Crippen LogP contribution in [0.15, 0.2) is 0 Å². The van der Waals surface area contributed by atoms with Gasteiger partial charge in [0.05, 0.1) is 37.5 Å². The van der Waals surface area contributed by atoms with Gasteiger partial charge < -0.3 is 25.7 Å². The smallest absolute Gasteiger partial charge is 0.0990 e. The molecule has 5 N–H and O–H groups in total. The van der Waals surface area contributed by atoms with E-state index in [2.05, 4.69) is 5.32 Å². The Labute approximate surface area is 64.3 Å². The molecular formula is C6H13NO4. The summed E-state index contributed by atoms with van der Waals surface area (Å²) in [5.41, 5.74) is 0. The first-order valence-electron chi connectivity index (χ1n) is 3.54. The summed E-state index contributed by atoms with van der Waals surface area (Å²) < 4.78 is 0. The molecule has 11 heavy (non-hydrogen) atoms. The first-order chi connectivity index (χ1) is 5.20. The van der Waals surface area contributed by atoms with E-state index in [9.17, 15) is 10.2 Å². The lowest BCUT2D eigenvalue weighted by Gasteiger charge is -2.12. The van der Waals surface area contributed by atoms with E-state index < -0.39 is 24.3 Å². The standard InChI is InChI=1S/C6H13NO4/c8-1-3-5(10)6(11)4(2-9)7-3/h3-11H,1-2H2/t3-,4-,5?,6?/m1/s1. The van der Waals surface area contributed by atoms with Gasteiger partial charge in [-0.1, -0.05) is 0 Å². The van der Waals surface area contributed by atoms with E-state index in [1.807, 2.05) is 0 Å². The topological polar surface area (TPSA) is 93.0 Å². The van der Waals surface area contributed by atoms with Crippen molar-refractivity contribution >= 4 is 0 Å². The van der Waals surface area contributed by atoms with E-state index in [4.69, 9.17) is 10.2 Å². The molecule has 1 aliphatic heterocycles. The zero-order valence-corrected chi connectivity index (χ0v) is 6.01. The van der Waals surface area contributed by atoms with Crippen molar-refractivity contribution in [1.29, 1.82) is 0 Å². The molecule has 0 aromatic carbocycles. The Hall–Kier alpha value is -0.200. The Kier molecular flexibility index (Phi) is 2.80. The van der Waals surface area contributed by atoms with Crippen molar-refractivity contribution in [3.8, 4) is 0 Å². The molecule has 0 amide bonds. The van der Waals surface area contributed by atoms with E-state index >= 15 is 0 Å². The van der Waals surface area contributed by atoms with Crippen molar-refractivity contribution < 1.29 is 20.4 Å². The average Bonchev–Trinajstić information content (AvgIpc) is 2.30. The lowest BCUT2D eigenvalue weighted by molar-refractivity contribution is 0.0130. The van der Waals surface area contributed by atoms with Gasteiger partial charge in [-0.25, -0.2) is 0 Å². The molecule has 5 nitrogen and oxygen atoms in total. The molecule has 0 radical (unpaired) electrons. The second-order valence-electron chi connectivity index (χ2n) is 2.73. The van der Waals surface area contributed by atoms with Crippen molar-refractivity contribution in [3.05, 3.63) is 0 Å². The monoisotopic (exact) mass is 163 g/mol. The minimum absolute atomic E-state index is 0.241. The number of hydrogen-bond donors (Lipinski definition) is 5. The van der Waals surface area contributed by atoms with Crippen molar-refractivity contribution in [2.45, 2.75) is 24.3 Å². The van der Waals surface area contributed by atoms with Crippen LogP contribution >= 0.6 is 0 Å². The van der Waals surface area contributed by atoms with Gasteiger partial charge in [-0.15, -0.1) is 0 Å². The lowest BCUT2D eigenvalue weighted by Crippen LogP contribution is -2.37. The minimum Gasteiger partial charge on any atom is -0.395 e. The number of aliphatic hydroxyl groups excluding tert-OH is 4. The maximum atomic E-state index is 9.18. The van der Waals surface area contributed by atoms with E-state index in [0.29, 0.717) is 0 Å². The summed E-state index contributed by atoms with van der Waals surface area (Å²) in [7, 11) is 0. The second-order valence-corrected chi connectivity index (χ2v) is 2.73. The summed E-state index contributed by atoms with van der Waals surface area (Å²) in [5, 5.41) is 38.3. The van der Waals surface area contributed by atoms with Gasteiger partial charge in [-0.3, -0.25) is 0 Å². The maximum Gasteiger partial charge on any atom is 0.0990 e. The molecule has 0 aromatic heterocycles. The highest BCUT2D eigenvalue weighted by Gasteiger charge is 2.39. The number of hydrogen-bond acceptors (Lipinski definition) is 5. The van der Waals surface area contributed by atoms with Gasteiger partial charge in [0.15, 0.2) is 0 Å². The SMILES string of the molecule is OC[C@H]1N[C@H](CO)C(O)C1O. The lowest BCUT2D eigenvalue weighted by atomic mass is 10.1. The first-order valence-corrected chi connectivity index (χ1v) is 3.54. The molecule has 0 saturated carbocycles. The third-order valence-electron chi connectivity index (χ3n) is 2.00. The van der Waals surface area contributed by atoms with Gasteiger partial charge in [0, 0.05) is 0 Å². The van der Waals surface area contributed by atoms with Crippen molar-refractivity contribution in [2.75, 3.05) is 13.2 Å².